The van der Waals surface area contributed by atoms with Crippen LogP contribution < -0.4 is 20.1 Å². The Balaban J connectivity index is 1.76. The van der Waals surface area contributed by atoms with E-state index in [0.29, 0.717) is 21.5 Å². The standard InChI is InChI=1S/C21H21BrN2O6/c1-12-17(20(26)30-9-8-29-14-6-4-3-5-7-14)18(24-21(27)23-12)13-10-15(22)19(25)16(11-13)28-2/h3-7,10-11,18,25H,8-9H2,1-2H3,(H2,23,24,27)/t18-/m0/s1. The molecule has 1 heterocycles. The summed E-state index contributed by atoms with van der Waals surface area (Å²) in [5.74, 6) is 0.206. The van der Waals surface area contributed by atoms with E-state index in [4.69, 9.17) is 14.2 Å². The van der Waals surface area contributed by atoms with E-state index in [0.717, 1.165) is 0 Å². The second kappa shape index (κ2) is 9.53. The molecule has 2 amide bonds. The van der Waals surface area contributed by atoms with Crippen LogP contribution in [0.2, 0.25) is 0 Å². The molecular formula is C21H21BrN2O6. The van der Waals surface area contributed by atoms with Crippen molar-refractivity contribution in [1.29, 1.82) is 0 Å². The molecule has 0 bridgehead atoms. The third-order valence-corrected chi connectivity index (χ3v) is 5.03. The SMILES string of the molecule is COc1cc([C@@H]2NC(=O)NC(C)=C2C(=O)OCCOc2ccccc2)cc(Br)c1O. The van der Waals surface area contributed by atoms with Crippen LogP contribution in [0.25, 0.3) is 0 Å². The number of rotatable bonds is 7. The van der Waals surface area contributed by atoms with E-state index in [1.54, 1.807) is 31.2 Å². The van der Waals surface area contributed by atoms with Gasteiger partial charge in [-0.3, -0.25) is 0 Å². The molecule has 2 aromatic carbocycles. The van der Waals surface area contributed by atoms with Crippen LogP contribution in [0.5, 0.6) is 17.2 Å². The van der Waals surface area contributed by atoms with E-state index >= 15 is 0 Å². The van der Waals surface area contributed by atoms with E-state index in [9.17, 15) is 14.7 Å². The zero-order valence-corrected chi connectivity index (χ0v) is 18.0. The molecule has 158 valence electrons. The first-order valence-corrected chi connectivity index (χ1v) is 9.89. The molecule has 3 rings (SSSR count). The van der Waals surface area contributed by atoms with Crippen LogP contribution >= 0.6 is 15.9 Å². The molecule has 1 aliphatic heterocycles. The van der Waals surface area contributed by atoms with Crippen LogP contribution in [0, 0.1) is 0 Å². The molecule has 8 nitrogen and oxygen atoms in total. The number of esters is 1. The predicted molar refractivity (Wildman–Crippen MR) is 112 cm³/mol. The van der Waals surface area contributed by atoms with Gasteiger partial charge in [0.25, 0.3) is 0 Å². The van der Waals surface area contributed by atoms with Crippen molar-refractivity contribution < 1.29 is 28.9 Å². The third-order valence-electron chi connectivity index (χ3n) is 4.42. The number of methoxy groups -OCH3 is 1. The number of benzene rings is 2. The van der Waals surface area contributed by atoms with Gasteiger partial charge in [-0.25, -0.2) is 9.59 Å². The molecule has 3 N–H and O–H groups in total. The van der Waals surface area contributed by atoms with Gasteiger partial charge in [0, 0.05) is 5.70 Å². The van der Waals surface area contributed by atoms with Gasteiger partial charge in [-0.15, -0.1) is 0 Å². The number of amides is 2. The number of nitrogens with one attached hydrogen (secondary N) is 2. The van der Waals surface area contributed by atoms with Crippen LogP contribution in [0.4, 0.5) is 4.79 Å². The highest BCUT2D eigenvalue weighted by molar-refractivity contribution is 9.10. The maximum absolute atomic E-state index is 12.8. The fourth-order valence-electron chi connectivity index (χ4n) is 3.02. The molecule has 0 saturated heterocycles. The Hall–Kier alpha value is -3.20. The Morgan fingerprint density at radius 1 is 1.20 bits per heavy atom. The number of carbonyl (C=O) groups is 2. The Morgan fingerprint density at radius 2 is 1.93 bits per heavy atom. The minimum Gasteiger partial charge on any atom is -0.503 e. The van der Waals surface area contributed by atoms with Crippen molar-refractivity contribution >= 4 is 27.9 Å². The van der Waals surface area contributed by atoms with Crippen molar-refractivity contribution in [2.75, 3.05) is 20.3 Å². The number of aromatic hydroxyl groups is 1. The molecule has 0 spiro atoms. The summed E-state index contributed by atoms with van der Waals surface area (Å²) in [7, 11) is 1.41. The van der Waals surface area contributed by atoms with Crippen LogP contribution in [0.15, 0.2) is 58.2 Å². The molecule has 0 saturated carbocycles. The number of hydrogen-bond acceptors (Lipinski definition) is 6. The first kappa shape index (κ1) is 21.5. The van der Waals surface area contributed by atoms with Gasteiger partial charge in [0.2, 0.25) is 0 Å². The quantitative estimate of drug-likeness (QED) is 0.417. The number of phenolic OH excluding ortho intramolecular Hbond substituents is 1. The summed E-state index contributed by atoms with van der Waals surface area (Å²) in [4.78, 5) is 24.8. The number of phenols is 1. The number of carbonyl (C=O) groups excluding carboxylic acids is 2. The summed E-state index contributed by atoms with van der Waals surface area (Å²) in [6.07, 6.45) is 0. The Bertz CT molecular complexity index is 977. The predicted octanol–water partition coefficient (Wildman–Crippen LogP) is 3.41. The highest BCUT2D eigenvalue weighted by Crippen LogP contribution is 2.39. The number of para-hydroxylation sites is 1. The van der Waals surface area contributed by atoms with Crippen molar-refractivity contribution in [3.05, 3.63) is 63.8 Å². The van der Waals surface area contributed by atoms with E-state index in [-0.39, 0.29) is 30.3 Å². The third kappa shape index (κ3) is 4.85. The smallest absolute Gasteiger partial charge is 0.338 e. The topological polar surface area (TPSA) is 106 Å². The lowest BCUT2D eigenvalue weighted by atomic mass is 9.95. The monoisotopic (exact) mass is 476 g/mol. The van der Waals surface area contributed by atoms with Gasteiger partial charge < -0.3 is 30.0 Å². The summed E-state index contributed by atoms with van der Waals surface area (Å²) in [6.45, 7) is 1.84. The lowest BCUT2D eigenvalue weighted by Crippen LogP contribution is -2.45. The van der Waals surface area contributed by atoms with E-state index in [2.05, 4.69) is 26.6 Å². The van der Waals surface area contributed by atoms with Crippen LogP contribution in [-0.2, 0) is 9.53 Å². The van der Waals surface area contributed by atoms with Crippen LogP contribution in [-0.4, -0.2) is 37.4 Å². The van der Waals surface area contributed by atoms with Gasteiger partial charge in [-0.05, 0) is 52.7 Å². The summed E-state index contributed by atoms with van der Waals surface area (Å²) in [5, 5.41) is 15.3. The number of urea groups is 1. The summed E-state index contributed by atoms with van der Waals surface area (Å²) in [6, 6.07) is 11.1. The van der Waals surface area contributed by atoms with Gasteiger partial charge >= 0.3 is 12.0 Å². The van der Waals surface area contributed by atoms with Crippen LogP contribution in [0.1, 0.15) is 18.5 Å². The van der Waals surface area contributed by atoms with E-state index < -0.39 is 18.0 Å². The van der Waals surface area contributed by atoms with Crippen molar-refractivity contribution in [1.82, 2.24) is 10.6 Å². The molecule has 0 radical (unpaired) electrons. The van der Waals surface area contributed by atoms with Crippen molar-refractivity contribution in [3.63, 3.8) is 0 Å². The maximum atomic E-state index is 12.8. The zero-order chi connectivity index (χ0) is 21.7. The summed E-state index contributed by atoms with van der Waals surface area (Å²) >= 11 is 3.26. The Kier molecular flexibility index (Phi) is 6.83. The highest BCUT2D eigenvalue weighted by atomic mass is 79.9. The molecular weight excluding hydrogens is 456 g/mol. The van der Waals surface area contributed by atoms with Crippen molar-refractivity contribution in [2.24, 2.45) is 0 Å². The summed E-state index contributed by atoms with van der Waals surface area (Å²) in [5.41, 5.74) is 1.16. The molecule has 0 aromatic heterocycles. The second-order valence-electron chi connectivity index (χ2n) is 6.42. The van der Waals surface area contributed by atoms with Crippen LogP contribution in [0.3, 0.4) is 0 Å². The number of ether oxygens (including phenoxy) is 3. The molecule has 1 aliphatic rings. The van der Waals surface area contributed by atoms with Gasteiger partial charge in [0.1, 0.15) is 19.0 Å². The molecule has 30 heavy (non-hydrogen) atoms. The average Bonchev–Trinajstić information content (AvgIpc) is 2.73. The lowest BCUT2D eigenvalue weighted by molar-refractivity contribution is -0.140. The molecule has 0 aliphatic carbocycles. The largest absolute Gasteiger partial charge is 0.503 e. The van der Waals surface area contributed by atoms with Gasteiger partial charge in [-0.2, -0.15) is 0 Å². The van der Waals surface area contributed by atoms with Gasteiger partial charge in [0.05, 0.1) is 23.2 Å². The molecule has 2 aromatic rings. The number of hydrogen-bond donors (Lipinski definition) is 3. The second-order valence-corrected chi connectivity index (χ2v) is 7.28. The maximum Gasteiger partial charge on any atom is 0.338 e. The Labute approximate surface area is 182 Å². The number of halogens is 1. The van der Waals surface area contributed by atoms with Gasteiger partial charge in [-0.1, -0.05) is 18.2 Å². The highest BCUT2D eigenvalue weighted by Gasteiger charge is 2.33. The molecule has 9 heteroatoms. The number of allylic oxidation sites excluding steroid dienone is 1. The Morgan fingerprint density at radius 3 is 2.63 bits per heavy atom. The van der Waals surface area contributed by atoms with Crippen molar-refractivity contribution in [3.8, 4) is 17.2 Å². The fraction of sp³-hybridized carbons (Fsp3) is 0.238. The van der Waals surface area contributed by atoms with Gasteiger partial charge in [0.15, 0.2) is 11.5 Å². The van der Waals surface area contributed by atoms with E-state index in [1.807, 2.05) is 18.2 Å². The molecule has 0 unspecified atom stereocenters. The minimum absolute atomic E-state index is 0.0355. The minimum atomic E-state index is -0.785. The average molecular weight is 477 g/mol. The normalized spacial score (nSPS) is 15.8. The zero-order valence-electron chi connectivity index (χ0n) is 16.4. The molecule has 1 atom stereocenters. The van der Waals surface area contributed by atoms with Crippen molar-refractivity contribution in [2.45, 2.75) is 13.0 Å². The lowest BCUT2D eigenvalue weighted by Gasteiger charge is -2.28. The summed E-state index contributed by atoms with van der Waals surface area (Å²) < 4.78 is 16.4. The fourth-order valence-corrected chi connectivity index (χ4v) is 3.48. The molecule has 0 fully saturated rings. The first-order chi connectivity index (χ1) is 14.4. The van der Waals surface area contributed by atoms with E-state index in [1.165, 1.54) is 7.11 Å². The first-order valence-electron chi connectivity index (χ1n) is 9.10.